The predicted molar refractivity (Wildman–Crippen MR) is 71.3 cm³/mol. The summed E-state index contributed by atoms with van der Waals surface area (Å²) >= 11 is 0. The Bertz CT molecular complexity index is 464. The first-order chi connectivity index (χ1) is 9.41. The molecule has 0 spiro atoms. The van der Waals surface area contributed by atoms with Crippen molar-refractivity contribution in [1.82, 2.24) is 0 Å². The molecule has 0 heterocycles. The van der Waals surface area contributed by atoms with Gasteiger partial charge in [0.1, 0.15) is 18.2 Å². The average molecular weight is 287 g/mol. The Hall–Kier alpha value is -1.69. The number of nitrogens with two attached hydrogens (primary N) is 1. The molecule has 6 heteroatoms. The third kappa shape index (κ3) is 5.13. The number of hydrogen-bond acceptors (Lipinski definition) is 4. The first-order valence-corrected chi connectivity index (χ1v) is 6.41. The molecule has 1 aromatic rings. The van der Waals surface area contributed by atoms with Crippen molar-refractivity contribution >= 4 is 11.7 Å². The Morgan fingerprint density at radius 3 is 2.55 bits per heavy atom. The number of benzene rings is 1. The number of nitrogen functional groups attached to an aromatic ring is 1. The minimum absolute atomic E-state index is 0.0115. The van der Waals surface area contributed by atoms with Gasteiger partial charge in [0.05, 0.1) is 17.9 Å². The van der Waals surface area contributed by atoms with Crippen molar-refractivity contribution < 1.29 is 23.0 Å². The summed E-state index contributed by atoms with van der Waals surface area (Å²) in [6.45, 7) is 4.92. The van der Waals surface area contributed by atoms with E-state index < -0.39 is 23.2 Å². The molecule has 112 valence electrons. The molecule has 0 aliphatic carbocycles. The van der Waals surface area contributed by atoms with Crippen molar-refractivity contribution in [2.45, 2.75) is 20.3 Å². The highest BCUT2D eigenvalue weighted by Gasteiger charge is 2.16. The molecular weight excluding hydrogens is 268 g/mol. The summed E-state index contributed by atoms with van der Waals surface area (Å²) in [7, 11) is 0. The van der Waals surface area contributed by atoms with E-state index in [1.807, 2.05) is 0 Å². The van der Waals surface area contributed by atoms with E-state index in [-0.39, 0.29) is 18.9 Å². The summed E-state index contributed by atoms with van der Waals surface area (Å²) in [5.41, 5.74) is 4.36. The van der Waals surface area contributed by atoms with Crippen molar-refractivity contribution in [2.24, 2.45) is 5.92 Å². The van der Waals surface area contributed by atoms with Crippen LogP contribution < -0.4 is 5.73 Å². The Labute approximate surface area is 116 Å². The standard InChI is InChI=1S/C14H19F2NO3/c1-9(2)3-4-19-5-6-20-14(18)10-7-12(16)13(17)8-11(10)15/h7-9H,3-6,17H2,1-2H3. The van der Waals surface area contributed by atoms with Crippen LogP contribution in [0.4, 0.5) is 14.5 Å². The first-order valence-electron chi connectivity index (χ1n) is 6.41. The average Bonchev–Trinajstić information content (AvgIpc) is 2.37. The molecule has 1 aromatic carbocycles. The Morgan fingerprint density at radius 1 is 1.20 bits per heavy atom. The zero-order chi connectivity index (χ0) is 15.1. The maximum atomic E-state index is 13.4. The second-order valence-electron chi connectivity index (χ2n) is 4.78. The van der Waals surface area contributed by atoms with Gasteiger partial charge in [0.25, 0.3) is 0 Å². The lowest BCUT2D eigenvalue weighted by atomic mass is 10.1. The molecule has 0 fully saturated rings. The second-order valence-corrected chi connectivity index (χ2v) is 4.78. The van der Waals surface area contributed by atoms with E-state index in [0.717, 1.165) is 18.6 Å². The number of hydrogen-bond donors (Lipinski definition) is 1. The van der Waals surface area contributed by atoms with Crippen LogP contribution in [0.3, 0.4) is 0 Å². The van der Waals surface area contributed by atoms with Crippen LogP contribution in [0.5, 0.6) is 0 Å². The second kappa shape index (κ2) is 7.79. The lowest BCUT2D eigenvalue weighted by Gasteiger charge is -2.08. The van der Waals surface area contributed by atoms with Crippen LogP contribution in [-0.4, -0.2) is 25.8 Å². The van der Waals surface area contributed by atoms with Gasteiger partial charge in [-0.2, -0.15) is 0 Å². The highest BCUT2D eigenvalue weighted by Crippen LogP contribution is 2.17. The van der Waals surface area contributed by atoms with E-state index in [2.05, 4.69) is 13.8 Å². The van der Waals surface area contributed by atoms with Gasteiger partial charge in [-0.3, -0.25) is 0 Å². The molecule has 0 saturated heterocycles. The summed E-state index contributed by atoms with van der Waals surface area (Å²) in [4.78, 5) is 11.5. The Balaban J connectivity index is 2.38. The maximum absolute atomic E-state index is 13.4. The molecule has 0 unspecified atom stereocenters. The molecule has 1 rings (SSSR count). The number of esters is 1. The molecule has 0 atom stereocenters. The summed E-state index contributed by atoms with van der Waals surface area (Å²) in [6, 6.07) is 1.48. The van der Waals surface area contributed by atoms with Gasteiger partial charge in [0.15, 0.2) is 0 Å². The van der Waals surface area contributed by atoms with Crippen LogP contribution in [0.1, 0.15) is 30.6 Å². The van der Waals surface area contributed by atoms with Crippen molar-refractivity contribution in [3.8, 4) is 0 Å². The highest BCUT2D eigenvalue weighted by molar-refractivity contribution is 5.90. The van der Waals surface area contributed by atoms with E-state index >= 15 is 0 Å². The van der Waals surface area contributed by atoms with Crippen molar-refractivity contribution in [2.75, 3.05) is 25.6 Å². The summed E-state index contributed by atoms with van der Waals surface area (Å²) in [5, 5.41) is 0. The van der Waals surface area contributed by atoms with Gasteiger partial charge in [0.2, 0.25) is 0 Å². The van der Waals surface area contributed by atoms with Crippen molar-refractivity contribution in [3.63, 3.8) is 0 Å². The summed E-state index contributed by atoms with van der Waals surface area (Å²) < 4.78 is 36.6. The zero-order valence-corrected chi connectivity index (χ0v) is 11.6. The Morgan fingerprint density at radius 2 is 1.90 bits per heavy atom. The topological polar surface area (TPSA) is 61.5 Å². The van der Waals surface area contributed by atoms with Gasteiger partial charge in [0, 0.05) is 12.7 Å². The van der Waals surface area contributed by atoms with Crippen LogP contribution in [0.25, 0.3) is 0 Å². The normalized spacial score (nSPS) is 10.8. The van der Waals surface area contributed by atoms with Gasteiger partial charge in [-0.25, -0.2) is 13.6 Å². The molecule has 0 aromatic heterocycles. The number of carbonyl (C=O) groups excluding carboxylic acids is 1. The predicted octanol–water partition coefficient (Wildman–Crippen LogP) is 2.77. The quantitative estimate of drug-likeness (QED) is 0.476. The molecule has 0 aliphatic heterocycles. The minimum atomic E-state index is -0.936. The van der Waals surface area contributed by atoms with E-state index in [9.17, 15) is 13.6 Å². The van der Waals surface area contributed by atoms with Gasteiger partial charge < -0.3 is 15.2 Å². The Kier molecular flexibility index (Phi) is 6.38. The van der Waals surface area contributed by atoms with Gasteiger partial charge in [-0.1, -0.05) is 13.8 Å². The van der Waals surface area contributed by atoms with Crippen LogP contribution >= 0.6 is 0 Å². The molecule has 0 aliphatic rings. The SMILES string of the molecule is CC(C)CCOCCOC(=O)c1cc(F)c(N)cc1F. The van der Waals surface area contributed by atoms with Crippen LogP contribution in [0, 0.1) is 17.6 Å². The fraction of sp³-hybridized carbons (Fsp3) is 0.500. The largest absolute Gasteiger partial charge is 0.460 e. The minimum Gasteiger partial charge on any atom is -0.460 e. The van der Waals surface area contributed by atoms with Crippen LogP contribution in [-0.2, 0) is 9.47 Å². The fourth-order valence-electron chi connectivity index (χ4n) is 1.41. The number of carbonyl (C=O) groups is 1. The number of rotatable bonds is 7. The number of halogens is 2. The molecular formula is C14H19F2NO3. The third-order valence-corrected chi connectivity index (χ3v) is 2.61. The van der Waals surface area contributed by atoms with Crippen LogP contribution in [0.2, 0.25) is 0 Å². The van der Waals surface area contributed by atoms with Crippen molar-refractivity contribution in [3.05, 3.63) is 29.3 Å². The lowest BCUT2D eigenvalue weighted by molar-refractivity contribution is 0.0298. The number of ether oxygens (including phenoxy) is 2. The maximum Gasteiger partial charge on any atom is 0.341 e. The smallest absolute Gasteiger partial charge is 0.341 e. The molecule has 0 bridgehead atoms. The molecule has 0 radical (unpaired) electrons. The summed E-state index contributed by atoms with van der Waals surface area (Å²) in [6.07, 6.45) is 0.908. The monoisotopic (exact) mass is 287 g/mol. The van der Waals surface area contributed by atoms with Gasteiger partial charge >= 0.3 is 5.97 Å². The molecule has 0 saturated carbocycles. The molecule has 20 heavy (non-hydrogen) atoms. The lowest BCUT2D eigenvalue weighted by Crippen LogP contribution is -2.13. The van der Waals surface area contributed by atoms with Crippen molar-refractivity contribution in [1.29, 1.82) is 0 Å². The van der Waals surface area contributed by atoms with E-state index in [1.54, 1.807) is 0 Å². The molecule has 4 nitrogen and oxygen atoms in total. The van der Waals surface area contributed by atoms with Crippen LogP contribution in [0.15, 0.2) is 12.1 Å². The summed E-state index contributed by atoms with van der Waals surface area (Å²) in [5.74, 6) is -2.17. The molecule has 2 N–H and O–H groups in total. The highest BCUT2D eigenvalue weighted by atomic mass is 19.1. The third-order valence-electron chi connectivity index (χ3n) is 2.61. The number of anilines is 1. The van der Waals surface area contributed by atoms with E-state index in [4.69, 9.17) is 15.2 Å². The fourth-order valence-corrected chi connectivity index (χ4v) is 1.41. The van der Waals surface area contributed by atoms with E-state index in [0.29, 0.717) is 12.5 Å². The first kappa shape index (κ1) is 16.4. The van der Waals surface area contributed by atoms with Gasteiger partial charge in [-0.05, 0) is 18.4 Å². The van der Waals surface area contributed by atoms with E-state index in [1.165, 1.54) is 0 Å². The zero-order valence-electron chi connectivity index (χ0n) is 11.6. The molecule has 0 amide bonds. The van der Waals surface area contributed by atoms with Gasteiger partial charge in [-0.15, -0.1) is 0 Å².